The van der Waals surface area contributed by atoms with Crippen LogP contribution in [0, 0.1) is 6.92 Å². The summed E-state index contributed by atoms with van der Waals surface area (Å²) < 4.78 is 0. The fourth-order valence-corrected chi connectivity index (χ4v) is 2.34. The Kier molecular flexibility index (Phi) is 4.60. The van der Waals surface area contributed by atoms with E-state index in [0.717, 1.165) is 16.8 Å². The van der Waals surface area contributed by atoms with Crippen LogP contribution in [0.1, 0.15) is 17.2 Å². The van der Waals surface area contributed by atoms with Crippen LogP contribution >= 0.6 is 0 Å². The summed E-state index contributed by atoms with van der Waals surface area (Å²) in [5.74, 6) is -1.23. The zero-order valence-electron chi connectivity index (χ0n) is 12.1. The Bertz CT molecular complexity index is 595. The van der Waals surface area contributed by atoms with E-state index in [-0.39, 0.29) is 0 Å². The molecule has 0 fully saturated rings. The van der Waals surface area contributed by atoms with E-state index in [4.69, 9.17) is 0 Å². The molecule has 0 saturated heterocycles. The van der Waals surface area contributed by atoms with Crippen LogP contribution < -0.4 is 4.90 Å². The van der Waals surface area contributed by atoms with E-state index in [0.29, 0.717) is 0 Å². The molecule has 0 aromatic heterocycles. The van der Waals surface area contributed by atoms with E-state index >= 15 is 0 Å². The Morgan fingerprint density at radius 3 is 2.14 bits per heavy atom. The van der Waals surface area contributed by atoms with Crippen molar-refractivity contribution < 1.29 is 15.0 Å². The van der Waals surface area contributed by atoms with Gasteiger partial charge in [-0.3, -0.25) is 0 Å². The van der Waals surface area contributed by atoms with Crippen LogP contribution in [-0.2, 0) is 4.79 Å². The standard InChI is InChI=1S/C17H19NO3/c1-12-8-10-14(11-9-12)18(2)15(16(19)17(20)21)13-6-4-3-5-7-13/h3-11,15-16,19H,1-2H3,(H,20,21). The third kappa shape index (κ3) is 3.41. The molecular formula is C17H19NO3. The van der Waals surface area contributed by atoms with Gasteiger partial charge in [-0.15, -0.1) is 0 Å². The van der Waals surface area contributed by atoms with Crippen molar-refractivity contribution in [1.29, 1.82) is 0 Å². The van der Waals surface area contributed by atoms with Crippen molar-refractivity contribution in [2.24, 2.45) is 0 Å². The van der Waals surface area contributed by atoms with Crippen LogP contribution in [0.4, 0.5) is 5.69 Å². The number of nitrogens with zero attached hydrogens (tertiary/aromatic N) is 1. The molecule has 2 N–H and O–H groups in total. The van der Waals surface area contributed by atoms with E-state index in [1.807, 2.05) is 61.5 Å². The van der Waals surface area contributed by atoms with Gasteiger partial charge in [-0.1, -0.05) is 48.0 Å². The van der Waals surface area contributed by atoms with Gasteiger partial charge in [0, 0.05) is 12.7 Å². The van der Waals surface area contributed by atoms with Crippen LogP contribution in [0.25, 0.3) is 0 Å². The molecule has 0 heterocycles. The third-order valence-corrected chi connectivity index (χ3v) is 3.55. The van der Waals surface area contributed by atoms with E-state index in [9.17, 15) is 15.0 Å². The molecule has 0 radical (unpaired) electrons. The first kappa shape index (κ1) is 15.1. The number of rotatable bonds is 5. The Balaban J connectivity index is 2.39. The van der Waals surface area contributed by atoms with E-state index in [1.165, 1.54) is 0 Å². The van der Waals surface area contributed by atoms with Gasteiger partial charge in [-0.25, -0.2) is 4.79 Å². The molecule has 0 aliphatic carbocycles. The summed E-state index contributed by atoms with van der Waals surface area (Å²) in [4.78, 5) is 13.0. The van der Waals surface area contributed by atoms with Crippen molar-refractivity contribution in [2.45, 2.75) is 19.1 Å². The predicted molar refractivity (Wildman–Crippen MR) is 82.4 cm³/mol. The van der Waals surface area contributed by atoms with E-state index in [2.05, 4.69) is 0 Å². The van der Waals surface area contributed by atoms with Gasteiger partial charge < -0.3 is 15.1 Å². The minimum Gasteiger partial charge on any atom is -0.479 e. The molecule has 0 aliphatic heterocycles. The molecule has 2 atom stereocenters. The Morgan fingerprint density at radius 1 is 1.05 bits per heavy atom. The number of benzene rings is 2. The molecule has 4 nitrogen and oxygen atoms in total. The highest BCUT2D eigenvalue weighted by molar-refractivity contribution is 5.74. The average Bonchev–Trinajstić information content (AvgIpc) is 2.49. The number of carboxylic acids is 1. The van der Waals surface area contributed by atoms with Crippen LogP contribution in [0.3, 0.4) is 0 Å². The predicted octanol–water partition coefficient (Wildman–Crippen LogP) is 2.62. The number of carbonyl (C=O) groups is 1. The highest BCUT2D eigenvalue weighted by atomic mass is 16.4. The number of aliphatic hydroxyl groups excluding tert-OH is 1. The lowest BCUT2D eigenvalue weighted by Crippen LogP contribution is -2.38. The summed E-state index contributed by atoms with van der Waals surface area (Å²) in [6, 6.07) is 16.3. The second-order valence-electron chi connectivity index (χ2n) is 5.09. The molecule has 2 aromatic carbocycles. The second-order valence-corrected chi connectivity index (χ2v) is 5.09. The van der Waals surface area contributed by atoms with Crippen LogP contribution in [0.2, 0.25) is 0 Å². The van der Waals surface area contributed by atoms with Gasteiger partial charge >= 0.3 is 5.97 Å². The monoisotopic (exact) mass is 285 g/mol. The lowest BCUT2D eigenvalue weighted by atomic mass is 9.99. The van der Waals surface area contributed by atoms with E-state index < -0.39 is 18.1 Å². The SMILES string of the molecule is Cc1ccc(N(C)C(c2ccccc2)C(O)C(=O)O)cc1. The summed E-state index contributed by atoms with van der Waals surface area (Å²) in [6.07, 6.45) is -1.50. The third-order valence-electron chi connectivity index (χ3n) is 3.55. The maximum Gasteiger partial charge on any atom is 0.335 e. The molecule has 4 heteroatoms. The number of carboxylic acid groups (broad SMARTS) is 1. The Hall–Kier alpha value is -2.33. The highest BCUT2D eigenvalue weighted by Crippen LogP contribution is 2.28. The molecule has 2 rings (SSSR count). The van der Waals surface area contributed by atoms with Crippen LogP contribution in [0.15, 0.2) is 54.6 Å². The van der Waals surface area contributed by atoms with Crippen LogP contribution in [0.5, 0.6) is 0 Å². The van der Waals surface area contributed by atoms with Crippen molar-refractivity contribution in [3.63, 3.8) is 0 Å². The van der Waals surface area contributed by atoms with Gasteiger partial charge in [0.05, 0.1) is 6.04 Å². The van der Waals surface area contributed by atoms with Crippen molar-refractivity contribution in [1.82, 2.24) is 0 Å². The summed E-state index contributed by atoms with van der Waals surface area (Å²) >= 11 is 0. The van der Waals surface area contributed by atoms with Gasteiger partial charge in [0.15, 0.2) is 6.10 Å². The van der Waals surface area contributed by atoms with E-state index in [1.54, 1.807) is 11.9 Å². The fraction of sp³-hybridized carbons (Fsp3) is 0.235. The largest absolute Gasteiger partial charge is 0.479 e. The summed E-state index contributed by atoms with van der Waals surface area (Å²) in [7, 11) is 1.79. The molecule has 21 heavy (non-hydrogen) atoms. The van der Waals surface area contributed by atoms with Gasteiger partial charge in [0.25, 0.3) is 0 Å². The highest BCUT2D eigenvalue weighted by Gasteiger charge is 2.30. The topological polar surface area (TPSA) is 60.8 Å². The number of hydrogen-bond acceptors (Lipinski definition) is 3. The summed E-state index contributed by atoms with van der Waals surface area (Å²) in [5.41, 5.74) is 2.74. The Labute approximate surface area is 124 Å². The number of anilines is 1. The van der Waals surface area contributed by atoms with Gasteiger partial charge in [-0.05, 0) is 24.6 Å². The number of aryl methyl sites for hydroxylation is 1. The minimum atomic E-state index is -1.50. The number of hydrogen-bond donors (Lipinski definition) is 2. The maximum absolute atomic E-state index is 11.2. The first-order chi connectivity index (χ1) is 10.0. The normalized spacial score (nSPS) is 13.5. The first-order valence-electron chi connectivity index (χ1n) is 6.76. The zero-order chi connectivity index (χ0) is 15.4. The average molecular weight is 285 g/mol. The molecule has 0 bridgehead atoms. The quantitative estimate of drug-likeness (QED) is 0.886. The maximum atomic E-state index is 11.2. The molecule has 0 aliphatic rings. The van der Waals surface area contributed by atoms with Crippen molar-refractivity contribution >= 4 is 11.7 Å². The number of likely N-dealkylation sites (N-methyl/N-ethyl adjacent to an activating group) is 1. The van der Waals surface area contributed by atoms with Crippen molar-refractivity contribution in [3.8, 4) is 0 Å². The minimum absolute atomic E-state index is 0.647. The van der Waals surface area contributed by atoms with Crippen molar-refractivity contribution in [2.75, 3.05) is 11.9 Å². The molecule has 2 unspecified atom stereocenters. The molecule has 0 saturated carbocycles. The van der Waals surface area contributed by atoms with Gasteiger partial charge in [0.2, 0.25) is 0 Å². The van der Waals surface area contributed by atoms with Crippen molar-refractivity contribution in [3.05, 3.63) is 65.7 Å². The lowest BCUT2D eigenvalue weighted by Gasteiger charge is -2.32. The lowest BCUT2D eigenvalue weighted by molar-refractivity contribution is -0.147. The molecule has 110 valence electrons. The number of aliphatic hydroxyl groups is 1. The Morgan fingerprint density at radius 2 is 1.62 bits per heavy atom. The zero-order valence-corrected chi connectivity index (χ0v) is 12.1. The van der Waals surface area contributed by atoms with Crippen LogP contribution in [-0.4, -0.2) is 29.3 Å². The summed E-state index contributed by atoms with van der Waals surface area (Å²) in [6.45, 7) is 1.99. The molecule has 0 amide bonds. The second kappa shape index (κ2) is 6.41. The first-order valence-corrected chi connectivity index (χ1v) is 6.76. The smallest absolute Gasteiger partial charge is 0.335 e. The van der Waals surface area contributed by atoms with Gasteiger partial charge in [0.1, 0.15) is 0 Å². The summed E-state index contributed by atoms with van der Waals surface area (Å²) in [5, 5.41) is 19.3. The molecular weight excluding hydrogens is 266 g/mol. The van der Waals surface area contributed by atoms with Gasteiger partial charge in [-0.2, -0.15) is 0 Å². The molecule has 0 spiro atoms. The molecule has 2 aromatic rings. The number of aliphatic carboxylic acids is 1. The fourth-order valence-electron chi connectivity index (χ4n) is 2.34.